The first kappa shape index (κ1) is 14.0. The van der Waals surface area contributed by atoms with Gasteiger partial charge in [-0.05, 0) is 39.7 Å². The molecule has 1 aliphatic rings. The first-order valence-corrected chi connectivity index (χ1v) is 8.47. The van der Waals surface area contributed by atoms with Crippen molar-refractivity contribution in [3.63, 3.8) is 0 Å². The quantitative estimate of drug-likeness (QED) is 0.898. The highest BCUT2D eigenvalue weighted by atomic mass is 79.9. The van der Waals surface area contributed by atoms with E-state index in [0.717, 1.165) is 0 Å². The van der Waals surface area contributed by atoms with Crippen molar-refractivity contribution in [1.82, 2.24) is 4.31 Å². The van der Waals surface area contributed by atoms with E-state index in [9.17, 15) is 13.2 Å². The molecule has 0 aromatic carbocycles. The third kappa shape index (κ3) is 2.76. The minimum absolute atomic E-state index is 0.0254. The van der Waals surface area contributed by atoms with Crippen molar-refractivity contribution in [3.05, 3.63) is 15.9 Å². The van der Waals surface area contributed by atoms with Gasteiger partial charge in [-0.1, -0.05) is 0 Å². The minimum Gasteiger partial charge on any atom is -0.481 e. The van der Waals surface area contributed by atoms with Crippen LogP contribution in [0.1, 0.15) is 12.8 Å². The maximum atomic E-state index is 12.3. The smallest absolute Gasteiger partial charge is 0.303 e. The number of thiophene rings is 1. The minimum atomic E-state index is -3.48. The largest absolute Gasteiger partial charge is 0.481 e. The Morgan fingerprint density at radius 1 is 1.61 bits per heavy atom. The van der Waals surface area contributed by atoms with E-state index in [1.807, 2.05) is 0 Å². The van der Waals surface area contributed by atoms with E-state index in [-0.39, 0.29) is 12.3 Å². The molecule has 2 rings (SSSR count). The maximum Gasteiger partial charge on any atom is 0.303 e. The van der Waals surface area contributed by atoms with E-state index in [2.05, 4.69) is 15.9 Å². The molecule has 1 unspecified atom stereocenters. The van der Waals surface area contributed by atoms with Crippen molar-refractivity contribution < 1.29 is 18.3 Å². The van der Waals surface area contributed by atoms with Crippen LogP contribution in [0.3, 0.4) is 0 Å². The lowest BCUT2D eigenvalue weighted by molar-refractivity contribution is -0.137. The monoisotopic (exact) mass is 353 g/mol. The van der Waals surface area contributed by atoms with Crippen LogP contribution in [0, 0.1) is 5.92 Å². The third-order valence-electron chi connectivity index (χ3n) is 2.87. The van der Waals surface area contributed by atoms with Gasteiger partial charge in [-0.2, -0.15) is 4.31 Å². The number of rotatable bonds is 4. The average molecular weight is 354 g/mol. The molecule has 0 amide bonds. The summed E-state index contributed by atoms with van der Waals surface area (Å²) in [5, 5.41) is 10.4. The molecule has 1 N–H and O–H groups in total. The Balaban J connectivity index is 2.14. The van der Waals surface area contributed by atoms with Crippen LogP contribution < -0.4 is 0 Å². The molecule has 2 heterocycles. The summed E-state index contributed by atoms with van der Waals surface area (Å²) in [5.41, 5.74) is 0. The zero-order chi connectivity index (χ0) is 13.3. The van der Waals surface area contributed by atoms with Crippen molar-refractivity contribution in [2.75, 3.05) is 13.1 Å². The zero-order valence-corrected chi connectivity index (χ0v) is 12.6. The average Bonchev–Trinajstić information content (AvgIpc) is 2.86. The molecule has 1 atom stereocenters. The number of aliphatic carboxylic acids is 1. The summed E-state index contributed by atoms with van der Waals surface area (Å²) in [6, 6.07) is 1.70. The highest BCUT2D eigenvalue weighted by Crippen LogP contribution is 2.33. The van der Waals surface area contributed by atoms with Crippen molar-refractivity contribution in [3.8, 4) is 0 Å². The summed E-state index contributed by atoms with van der Waals surface area (Å²) in [4.78, 5) is 10.6. The van der Waals surface area contributed by atoms with Crippen LogP contribution in [-0.2, 0) is 14.8 Å². The van der Waals surface area contributed by atoms with Gasteiger partial charge in [0.25, 0.3) is 10.0 Å². The molecule has 18 heavy (non-hydrogen) atoms. The first-order chi connectivity index (χ1) is 8.41. The molecular weight excluding hydrogens is 342 g/mol. The second-order valence-electron chi connectivity index (χ2n) is 4.17. The van der Waals surface area contributed by atoms with Gasteiger partial charge in [-0.15, -0.1) is 11.3 Å². The van der Waals surface area contributed by atoms with E-state index in [1.54, 1.807) is 11.4 Å². The van der Waals surface area contributed by atoms with Gasteiger partial charge < -0.3 is 5.11 Å². The number of carboxylic acid groups (broad SMARTS) is 1. The molecule has 8 heteroatoms. The SMILES string of the molecule is O=C(O)CC1CCN(S(=O)(=O)c2sccc2Br)C1. The van der Waals surface area contributed by atoms with Gasteiger partial charge in [0.05, 0.1) is 0 Å². The molecule has 0 radical (unpaired) electrons. The van der Waals surface area contributed by atoms with Crippen molar-refractivity contribution in [2.45, 2.75) is 17.1 Å². The highest BCUT2D eigenvalue weighted by molar-refractivity contribution is 9.10. The fraction of sp³-hybridized carbons (Fsp3) is 0.500. The standard InChI is InChI=1S/C10H12BrNO4S2/c11-8-2-4-17-10(8)18(15,16)12-3-1-7(6-12)5-9(13)14/h2,4,7H,1,3,5-6H2,(H,13,14). The number of carboxylic acids is 1. The summed E-state index contributed by atoms with van der Waals surface area (Å²) in [5.74, 6) is -0.965. The lowest BCUT2D eigenvalue weighted by Crippen LogP contribution is -2.28. The Morgan fingerprint density at radius 2 is 2.33 bits per heavy atom. The van der Waals surface area contributed by atoms with Gasteiger partial charge in [0.1, 0.15) is 4.21 Å². The number of halogens is 1. The second-order valence-corrected chi connectivity index (χ2v) is 8.08. The Kier molecular flexibility index (Phi) is 4.10. The van der Waals surface area contributed by atoms with Crippen LogP contribution in [0.15, 0.2) is 20.1 Å². The molecule has 0 bridgehead atoms. The molecule has 1 fully saturated rings. The van der Waals surface area contributed by atoms with Crippen LogP contribution in [0.25, 0.3) is 0 Å². The van der Waals surface area contributed by atoms with E-state index < -0.39 is 16.0 Å². The summed E-state index contributed by atoms with van der Waals surface area (Å²) >= 11 is 4.38. The van der Waals surface area contributed by atoms with Crippen LogP contribution >= 0.6 is 27.3 Å². The fourth-order valence-electron chi connectivity index (χ4n) is 2.01. The molecule has 0 aliphatic carbocycles. The summed E-state index contributed by atoms with van der Waals surface area (Å²) in [6.45, 7) is 0.684. The fourth-order valence-corrected chi connectivity index (χ4v) is 5.99. The molecule has 100 valence electrons. The number of carbonyl (C=O) groups is 1. The summed E-state index contributed by atoms with van der Waals surface area (Å²) < 4.78 is 26.8. The van der Waals surface area contributed by atoms with Gasteiger partial charge in [-0.25, -0.2) is 8.42 Å². The second kappa shape index (κ2) is 5.28. The van der Waals surface area contributed by atoms with E-state index in [4.69, 9.17) is 5.11 Å². The molecule has 1 aromatic rings. The van der Waals surface area contributed by atoms with E-state index in [1.165, 1.54) is 15.6 Å². The van der Waals surface area contributed by atoms with Crippen molar-refractivity contribution in [1.29, 1.82) is 0 Å². The van der Waals surface area contributed by atoms with E-state index >= 15 is 0 Å². The predicted octanol–water partition coefficient (Wildman–Crippen LogP) is 2.00. The van der Waals surface area contributed by atoms with Gasteiger partial charge in [0.15, 0.2) is 0 Å². The number of hydrogen-bond acceptors (Lipinski definition) is 4. The molecule has 0 spiro atoms. The van der Waals surface area contributed by atoms with Gasteiger partial charge >= 0.3 is 5.97 Å². The Labute approximate surface area is 118 Å². The Morgan fingerprint density at radius 3 is 2.89 bits per heavy atom. The van der Waals surface area contributed by atoms with Crippen LogP contribution in [0.4, 0.5) is 0 Å². The van der Waals surface area contributed by atoms with Crippen LogP contribution in [0.5, 0.6) is 0 Å². The molecule has 1 saturated heterocycles. The zero-order valence-electron chi connectivity index (χ0n) is 9.37. The number of nitrogens with zero attached hydrogens (tertiary/aromatic N) is 1. The first-order valence-electron chi connectivity index (χ1n) is 5.36. The Bertz CT molecular complexity index is 554. The third-order valence-corrected chi connectivity index (χ3v) is 7.38. The highest BCUT2D eigenvalue weighted by Gasteiger charge is 2.34. The molecule has 1 aromatic heterocycles. The molecule has 5 nitrogen and oxygen atoms in total. The lowest BCUT2D eigenvalue weighted by atomic mass is 10.1. The topological polar surface area (TPSA) is 74.7 Å². The van der Waals surface area contributed by atoms with Gasteiger partial charge in [0.2, 0.25) is 0 Å². The molecular formula is C10H12BrNO4S2. The van der Waals surface area contributed by atoms with E-state index in [0.29, 0.717) is 28.2 Å². The molecule has 1 aliphatic heterocycles. The summed E-state index contributed by atoms with van der Waals surface area (Å²) in [6.07, 6.45) is 0.631. The number of hydrogen-bond donors (Lipinski definition) is 1. The van der Waals surface area contributed by atoms with Gasteiger partial charge in [0, 0.05) is 24.0 Å². The maximum absolute atomic E-state index is 12.3. The predicted molar refractivity (Wildman–Crippen MR) is 71.1 cm³/mol. The van der Waals surface area contributed by atoms with Crippen LogP contribution in [-0.4, -0.2) is 36.9 Å². The number of sulfonamides is 1. The molecule has 0 saturated carbocycles. The van der Waals surface area contributed by atoms with Crippen molar-refractivity contribution in [2.24, 2.45) is 5.92 Å². The van der Waals surface area contributed by atoms with Crippen molar-refractivity contribution >= 4 is 43.3 Å². The van der Waals surface area contributed by atoms with Gasteiger partial charge in [-0.3, -0.25) is 4.79 Å². The van der Waals surface area contributed by atoms with Crippen LogP contribution in [0.2, 0.25) is 0 Å². The Hall–Kier alpha value is -0.440. The normalized spacial score (nSPS) is 21.3. The summed E-state index contributed by atoms with van der Waals surface area (Å²) in [7, 11) is -3.48. The lowest BCUT2D eigenvalue weighted by Gasteiger charge is -2.15.